The molecule has 0 amide bonds. The number of carboxylic acids is 1. The van der Waals surface area contributed by atoms with Gasteiger partial charge in [-0.2, -0.15) is 0 Å². The minimum absolute atomic E-state index is 0.0650. The van der Waals surface area contributed by atoms with Gasteiger partial charge in [-0.05, 0) is 31.6 Å². The zero-order valence-electron chi connectivity index (χ0n) is 15.3. The molecule has 0 aromatic heterocycles. The smallest absolute Gasteiger partial charge is 0.303 e. The van der Waals surface area contributed by atoms with E-state index in [0.717, 1.165) is 25.7 Å². The van der Waals surface area contributed by atoms with Crippen LogP contribution in [0.25, 0.3) is 0 Å². The molecule has 144 valence electrons. The predicted octanol–water partition coefficient (Wildman–Crippen LogP) is 3.04. The van der Waals surface area contributed by atoms with Gasteiger partial charge in [0.25, 0.3) is 0 Å². The number of carboxylic acid groups (broad SMARTS) is 1. The average molecular weight is 354 g/mol. The summed E-state index contributed by atoms with van der Waals surface area (Å²) in [6, 6.07) is 0. The molecule has 0 saturated heterocycles. The molecule has 1 rings (SSSR count). The van der Waals surface area contributed by atoms with Gasteiger partial charge in [0, 0.05) is 18.8 Å². The molecule has 1 fully saturated rings. The first kappa shape index (κ1) is 21.9. The first-order chi connectivity index (χ1) is 12.0. The van der Waals surface area contributed by atoms with Crippen LogP contribution in [0.5, 0.6) is 0 Å². The molecule has 0 aromatic carbocycles. The molecule has 0 radical (unpaired) electrons. The second-order valence-electron chi connectivity index (χ2n) is 7.05. The molecule has 0 heterocycles. The highest BCUT2D eigenvalue weighted by Crippen LogP contribution is 2.36. The summed E-state index contributed by atoms with van der Waals surface area (Å²) < 4.78 is 0. The molecule has 1 saturated carbocycles. The molecular weight excluding hydrogens is 320 g/mol. The summed E-state index contributed by atoms with van der Waals surface area (Å²) in [5.74, 6) is -1.00. The van der Waals surface area contributed by atoms with Gasteiger partial charge in [0.2, 0.25) is 0 Å². The second kappa shape index (κ2) is 12.2. The monoisotopic (exact) mass is 354 g/mol. The summed E-state index contributed by atoms with van der Waals surface area (Å²) in [6.45, 7) is 2.12. The fourth-order valence-electron chi connectivity index (χ4n) is 3.41. The van der Waals surface area contributed by atoms with Gasteiger partial charge >= 0.3 is 5.97 Å². The fraction of sp³-hybridized carbons (Fsp3) is 0.750. The van der Waals surface area contributed by atoms with Gasteiger partial charge in [0.1, 0.15) is 0 Å². The highest BCUT2D eigenvalue weighted by molar-refractivity contribution is 5.66. The van der Waals surface area contributed by atoms with Gasteiger partial charge < -0.3 is 20.4 Å². The maximum Gasteiger partial charge on any atom is 0.303 e. The number of hydrogen-bond acceptors (Lipinski definition) is 4. The number of aliphatic hydroxyl groups excluding tert-OH is 3. The third kappa shape index (κ3) is 8.66. The lowest BCUT2D eigenvalue weighted by atomic mass is 9.89. The van der Waals surface area contributed by atoms with E-state index >= 15 is 0 Å². The Morgan fingerprint density at radius 3 is 2.60 bits per heavy atom. The molecule has 0 aromatic rings. The molecule has 5 atom stereocenters. The Kier molecular flexibility index (Phi) is 10.7. The Bertz CT molecular complexity index is 432. The first-order valence-corrected chi connectivity index (χ1v) is 9.55. The van der Waals surface area contributed by atoms with Crippen LogP contribution in [-0.4, -0.2) is 44.7 Å². The normalized spacial score (nSPS) is 28.2. The number of rotatable bonds is 12. The van der Waals surface area contributed by atoms with Crippen LogP contribution < -0.4 is 0 Å². The molecule has 0 aliphatic heterocycles. The summed E-state index contributed by atoms with van der Waals surface area (Å²) in [6.07, 6.45) is 12.3. The van der Waals surface area contributed by atoms with Gasteiger partial charge in [-0.3, -0.25) is 4.79 Å². The van der Waals surface area contributed by atoms with Gasteiger partial charge in [0.15, 0.2) is 0 Å². The lowest BCUT2D eigenvalue weighted by Crippen LogP contribution is -2.20. The van der Waals surface area contributed by atoms with Crippen molar-refractivity contribution in [1.82, 2.24) is 0 Å². The number of unbranched alkanes of at least 4 members (excludes halogenated alkanes) is 3. The van der Waals surface area contributed by atoms with Crippen LogP contribution in [0.2, 0.25) is 0 Å². The number of allylic oxidation sites excluding steroid dienone is 2. The van der Waals surface area contributed by atoms with E-state index in [0.29, 0.717) is 25.7 Å². The van der Waals surface area contributed by atoms with E-state index in [1.807, 2.05) is 18.2 Å². The lowest BCUT2D eigenvalue weighted by molar-refractivity contribution is -0.137. The summed E-state index contributed by atoms with van der Waals surface area (Å²) in [4.78, 5) is 10.5. The Morgan fingerprint density at radius 1 is 1.16 bits per heavy atom. The van der Waals surface area contributed by atoms with Gasteiger partial charge in [-0.25, -0.2) is 0 Å². The van der Waals surface area contributed by atoms with Gasteiger partial charge in [0.05, 0.1) is 18.3 Å². The van der Waals surface area contributed by atoms with Crippen LogP contribution in [0.1, 0.15) is 64.7 Å². The molecule has 5 nitrogen and oxygen atoms in total. The Balaban J connectivity index is 2.46. The minimum Gasteiger partial charge on any atom is -0.481 e. The zero-order valence-corrected chi connectivity index (χ0v) is 15.3. The lowest BCUT2D eigenvalue weighted by Gasteiger charge is -2.19. The van der Waals surface area contributed by atoms with Crippen LogP contribution in [0.4, 0.5) is 0 Å². The Hall–Kier alpha value is -1.17. The molecule has 1 aliphatic rings. The van der Waals surface area contributed by atoms with Crippen molar-refractivity contribution in [3.8, 4) is 0 Å². The first-order valence-electron chi connectivity index (χ1n) is 9.55. The van der Waals surface area contributed by atoms with E-state index in [1.165, 1.54) is 0 Å². The van der Waals surface area contributed by atoms with E-state index in [-0.39, 0.29) is 18.3 Å². The van der Waals surface area contributed by atoms with Crippen molar-refractivity contribution in [1.29, 1.82) is 0 Å². The average Bonchev–Trinajstić information content (AvgIpc) is 2.82. The third-order valence-electron chi connectivity index (χ3n) is 4.91. The Morgan fingerprint density at radius 2 is 1.92 bits per heavy atom. The highest BCUT2D eigenvalue weighted by atomic mass is 16.4. The van der Waals surface area contributed by atoms with E-state index < -0.39 is 24.3 Å². The standard InChI is InChI=1S/C20H34O5/c1-2-3-6-9-15(21)12-13-17-16(18(22)14-19(17)23)10-7-4-5-8-11-20(24)25/h4,7,12-13,15-19,21-23H,2-3,5-6,8-11,14H2,1H3,(H,24,25)/b7-4-,13-12-/t15-,16+,17+,18+,19+/m0/s1. The molecule has 5 heteroatoms. The van der Waals surface area contributed by atoms with Crippen LogP contribution in [-0.2, 0) is 4.79 Å². The zero-order chi connectivity index (χ0) is 18.7. The fourth-order valence-corrected chi connectivity index (χ4v) is 3.41. The van der Waals surface area contributed by atoms with Crippen molar-refractivity contribution in [3.63, 3.8) is 0 Å². The van der Waals surface area contributed by atoms with Crippen molar-refractivity contribution in [3.05, 3.63) is 24.3 Å². The minimum atomic E-state index is -0.787. The molecule has 25 heavy (non-hydrogen) atoms. The number of carbonyl (C=O) groups is 1. The summed E-state index contributed by atoms with van der Waals surface area (Å²) in [7, 11) is 0. The highest BCUT2D eigenvalue weighted by Gasteiger charge is 2.39. The van der Waals surface area contributed by atoms with Crippen molar-refractivity contribution < 1.29 is 25.2 Å². The van der Waals surface area contributed by atoms with Crippen molar-refractivity contribution in [2.24, 2.45) is 11.8 Å². The molecule has 1 aliphatic carbocycles. The van der Waals surface area contributed by atoms with Crippen LogP contribution in [0.15, 0.2) is 24.3 Å². The summed E-state index contributed by atoms with van der Waals surface area (Å²) in [5, 5.41) is 39.0. The summed E-state index contributed by atoms with van der Waals surface area (Å²) >= 11 is 0. The number of aliphatic hydroxyl groups is 3. The maximum atomic E-state index is 10.5. The maximum absolute atomic E-state index is 10.5. The SMILES string of the molecule is CCCCC[C@H](O)/C=C\[C@@H]1[C@@H](C/C=C\CCCC(=O)O)[C@H](O)C[C@H]1O. The Labute approximate surface area is 151 Å². The molecule has 0 unspecified atom stereocenters. The molecule has 4 N–H and O–H groups in total. The quantitative estimate of drug-likeness (QED) is 0.319. The number of aliphatic carboxylic acids is 1. The topological polar surface area (TPSA) is 98.0 Å². The third-order valence-corrected chi connectivity index (χ3v) is 4.91. The van der Waals surface area contributed by atoms with Crippen molar-refractivity contribution in [2.75, 3.05) is 0 Å². The van der Waals surface area contributed by atoms with Crippen molar-refractivity contribution >= 4 is 5.97 Å². The van der Waals surface area contributed by atoms with Crippen LogP contribution in [0, 0.1) is 11.8 Å². The second-order valence-corrected chi connectivity index (χ2v) is 7.05. The molecule has 0 spiro atoms. The largest absolute Gasteiger partial charge is 0.481 e. The van der Waals surface area contributed by atoms with E-state index in [2.05, 4.69) is 6.92 Å². The van der Waals surface area contributed by atoms with E-state index in [4.69, 9.17) is 5.11 Å². The molecular formula is C20H34O5. The predicted molar refractivity (Wildman–Crippen MR) is 98.1 cm³/mol. The summed E-state index contributed by atoms with van der Waals surface area (Å²) in [5.41, 5.74) is 0. The van der Waals surface area contributed by atoms with Gasteiger partial charge in [-0.15, -0.1) is 0 Å². The van der Waals surface area contributed by atoms with Crippen LogP contribution in [0.3, 0.4) is 0 Å². The van der Waals surface area contributed by atoms with Crippen LogP contribution >= 0.6 is 0 Å². The van der Waals surface area contributed by atoms with E-state index in [9.17, 15) is 20.1 Å². The molecule has 0 bridgehead atoms. The van der Waals surface area contributed by atoms with E-state index in [1.54, 1.807) is 6.08 Å². The number of hydrogen-bond donors (Lipinski definition) is 4. The van der Waals surface area contributed by atoms with Gasteiger partial charge in [-0.1, -0.05) is 50.5 Å². The van der Waals surface area contributed by atoms with Crippen molar-refractivity contribution in [2.45, 2.75) is 83.0 Å².